The predicted molar refractivity (Wildman–Crippen MR) is 119 cm³/mol. The fourth-order valence-corrected chi connectivity index (χ4v) is 3.64. The van der Waals surface area contributed by atoms with Gasteiger partial charge in [-0.15, -0.1) is 0 Å². The van der Waals surface area contributed by atoms with Gasteiger partial charge in [0.05, 0.1) is 13.0 Å². The Morgan fingerprint density at radius 3 is 2.42 bits per heavy atom. The summed E-state index contributed by atoms with van der Waals surface area (Å²) in [5.41, 5.74) is 2.16. The second kappa shape index (κ2) is 11.2. The molecule has 172 valence electrons. The predicted octanol–water partition coefficient (Wildman–Crippen LogP) is 3.12. The first kappa shape index (κ1) is 24.7. The Bertz CT molecular complexity index is 777. The maximum atomic E-state index is 12.4. The second-order valence-corrected chi connectivity index (χ2v) is 9.07. The van der Waals surface area contributed by atoms with E-state index >= 15 is 0 Å². The molecule has 1 aliphatic heterocycles. The number of carbonyl (C=O) groups excluding carboxylic acids is 3. The average molecular weight is 433 g/mol. The number of rotatable bonds is 8. The van der Waals surface area contributed by atoms with Crippen molar-refractivity contribution in [3.63, 3.8) is 0 Å². The molecule has 0 radical (unpaired) electrons. The van der Waals surface area contributed by atoms with Crippen molar-refractivity contribution in [1.29, 1.82) is 0 Å². The number of benzene rings is 1. The van der Waals surface area contributed by atoms with Crippen molar-refractivity contribution in [3.05, 3.63) is 29.3 Å². The Kier molecular flexibility index (Phi) is 8.89. The van der Waals surface area contributed by atoms with Crippen LogP contribution in [0.4, 0.5) is 0 Å². The Hall–Kier alpha value is -2.57. The van der Waals surface area contributed by atoms with Crippen molar-refractivity contribution < 1.29 is 23.9 Å². The van der Waals surface area contributed by atoms with E-state index in [1.54, 1.807) is 11.8 Å². The number of carbonyl (C=O) groups is 3. The topological polar surface area (TPSA) is 84.9 Å². The number of piperidine rings is 1. The maximum absolute atomic E-state index is 12.4. The van der Waals surface area contributed by atoms with Crippen LogP contribution < -0.4 is 10.1 Å². The summed E-state index contributed by atoms with van der Waals surface area (Å²) in [5, 5.41) is 3.01. The molecule has 1 aliphatic rings. The van der Waals surface area contributed by atoms with Crippen molar-refractivity contribution >= 4 is 17.8 Å². The molecule has 0 unspecified atom stereocenters. The van der Waals surface area contributed by atoms with Crippen LogP contribution >= 0.6 is 0 Å². The molecule has 0 spiro atoms. The van der Waals surface area contributed by atoms with E-state index in [0.717, 1.165) is 16.9 Å². The molecule has 1 heterocycles. The molecule has 1 aromatic rings. The number of nitrogens with one attached hydrogen (secondary N) is 1. The molecule has 0 saturated carbocycles. The highest BCUT2D eigenvalue weighted by Crippen LogP contribution is 2.32. The summed E-state index contributed by atoms with van der Waals surface area (Å²) in [6, 6.07) is 6.02. The fraction of sp³-hybridized carbons (Fsp3) is 0.625. The van der Waals surface area contributed by atoms with E-state index in [-0.39, 0.29) is 48.7 Å². The third-order valence-corrected chi connectivity index (χ3v) is 5.36. The zero-order valence-corrected chi connectivity index (χ0v) is 19.5. The number of nitrogens with zero attached hydrogens (tertiary/aromatic N) is 1. The van der Waals surface area contributed by atoms with Crippen LogP contribution in [0.2, 0.25) is 0 Å². The summed E-state index contributed by atoms with van der Waals surface area (Å²) in [7, 11) is 0. The second-order valence-electron chi connectivity index (χ2n) is 9.07. The van der Waals surface area contributed by atoms with Gasteiger partial charge >= 0.3 is 5.97 Å². The molecule has 2 rings (SSSR count). The van der Waals surface area contributed by atoms with Gasteiger partial charge in [-0.2, -0.15) is 0 Å². The van der Waals surface area contributed by atoms with E-state index in [1.165, 1.54) is 0 Å². The molecule has 2 amide bonds. The summed E-state index contributed by atoms with van der Waals surface area (Å²) < 4.78 is 10.7. The molecule has 0 atom stereocenters. The van der Waals surface area contributed by atoms with Crippen LogP contribution in [0, 0.1) is 6.92 Å². The first-order valence-corrected chi connectivity index (χ1v) is 11.1. The summed E-state index contributed by atoms with van der Waals surface area (Å²) in [5.74, 6) is 0.180. The van der Waals surface area contributed by atoms with Crippen LogP contribution in [0.25, 0.3) is 0 Å². The number of ether oxygens (including phenoxy) is 2. The Morgan fingerprint density at radius 1 is 1.13 bits per heavy atom. The number of hydrogen-bond acceptors (Lipinski definition) is 5. The van der Waals surface area contributed by atoms with Crippen LogP contribution in [0.1, 0.15) is 64.5 Å². The molecule has 1 saturated heterocycles. The molecule has 0 aromatic heterocycles. The molecule has 1 fully saturated rings. The van der Waals surface area contributed by atoms with E-state index in [9.17, 15) is 14.4 Å². The molecule has 0 bridgehead atoms. The van der Waals surface area contributed by atoms with Gasteiger partial charge in [0.25, 0.3) is 5.91 Å². The lowest BCUT2D eigenvalue weighted by molar-refractivity contribution is -0.146. The van der Waals surface area contributed by atoms with Crippen molar-refractivity contribution in [2.45, 2.75) is 71.8 Å². The summed E-state index contributed by atoms with van der Waals surface area (Å²) in [4.78, 5) is 37.8. The highest BCUT2D eigenvalue weighted by molar-refractivity contribution is 5.81. The van der Waals surface area contributed by atoms with Gasteiger partial charge in [0.1, 0.15) is 5.75 Å². The number of amides is 2. The highest BCUT2D eigenvalue weighted by atomic mass is 16.5. The molecular weight excluding hydrogens is 396 g/mol. The maximum Gasteiger partial charge on any atom is 0.306 e. The van der Waals surface area contributed by atoms with Crippen LogP contribution in [-0.2, 0) is 24.5 Å². The van der Waals surface area contributed by atoms with Crippen LogP contribution in [0.15, 0.2) is 18.2 Å². The van der Waals surface area contributed by atoms with Gasteiger partial charge in [-0.05, 0) is 43.7 Å². The zero-order valence-electron chi connectivity index (χ0n) is 19.5. The molecule has 31 heavy (non-hydrogen) atoms. The van der Waals surface area contributed by atoms with E-state index in [2.05, 4.69) is 32.2 Å². The van der Waals surface area contributed by atoms with Crippen molar-refractivity contribution in [1.82, 2.24) is 10.2 Å². The van der Waals surface area contributed by atoms with Crippen LogP contribution in [-0.4, -0.2) is 55.0 Å². The molecular formula is C24H36N2O5. The first-order chi connectivity index (χ1) is 14.6. The Morgan fingerprint density at radius 2 is 1.81 bits per heavy atom. The number of esters is 1. The fourth-order valence-electron chi connectivity index (χ4n) is 3.64. The third-order valence-electron chi connectivity index (χ3n) is 5.36. The van der Waals surface area contributed by atoms with Crippen molar-refractivity contribution in [3.8, 4) is 5.75 Å². The first-order valence-electron chi connectivity index (χ1n) is 11.1. The number of aryl methyl sites for hydroxylation is 1. The lowest BCUT2D eigenvalue weighted by Crippen LogP contribution is -2.47. The standard InChI is InChI=1S/C24H36N2O5/c1-6-30-23(29)10-9-22(28)26-13-11-18(12-14-26)25-21(27)16-31-20-8-7-17(2)15-19(20)24(3,4)5/h7-8,15,18H,6,9-14,16H2,1-5H3,(H,25,27). The smallest absolute Gasteiger partial charge is 0.306 e. The SMILES string of the molecule is CCOC(=O)CCC(=O)N1CCC(NC(=O)COc2ccc(C)cc2C(C)(C)C)CC1. The largest absolute Gasteiger partial charge is 0.483 e. The minimum atomic E-state index is -0.346. The van der Waals surface area contributed by atoms with Gasteiger partial charge in [0.2, 0.25) is 5.91 Å². The number of likely N-dealkylation sites (tertiary alicyclic amines) is 1. The monoisotopic (exact) mass is 432 g/mol. The minimum Gasteiger partial charge on any atom is -0.483 e. The third kappa shape index (κ3) is 7.89. The van der Waals surface area contributed by atoms with Gasteiger partial charge in [-0.1, -0.05) is 38.5 Å². The van der Waals surface area contributed by atoms with Gasteiger partial charge in [-0.25, -0.2) is 0 Å². The summed E-state index contributed by atoms with van der Waals surface area (Å²) in [6.07, 6.45) is 1.65. The van der Waals surface area contributed by atoms with Crippen LogP contribution in [0.5, 0.6) is 5.75 Å². The average Bonchev–Trinajstić information content (AvgIpc) is 2.71. The molecule has 7 nitrogen and oxygen atoms in total. The van der Waals surface area contributed by atoms with Gasteiger partial charge in [-0.3, -0.25) is 14.4 Å². The van der Waals surface area contributed by atoms with Crippen molar-refractivity contribution in [2.24, 2.45) is 0 Å². The zero-order chi connectivity index (χ0) is 23.0. The highest BCUT2D eigenvalue weighted by Gasteiger charge is 2.25. The van der Waals surface area contributed by atoms with E-state index in [0.29, 0.717) is 32.5 Å². The van der Waals surface area contributed by atoms with E-state index in [4.69, 9.17) is 9.47 Å². The molecule has 0 aliphatic carbocycles. The quantitative estimate of drug-likeness (QED) is 0.638. The summed E-state index contributed by atoms with van der Waals surface area (Å²) >= 11 is 0. The molecule has 7 heteroatoms. The minimum absolute atomic E-state index is 0.0188. The van der Waals surface area contributed by atoms with Crippen LogP contribution in [0.3, 0.4) is 0 Å². The lowest BCUT2D eigenvalue weighted by atomic mass is 9.85. The number of hydrogen-bond donors (Lipinski definition) is 1. The van der Waals surface area contributed by atoms with Crippen molar-refractivity contribution in [2.75, 3.05) is 26.3 Å². The van der Waals surface area contributed by atoms with E-state index < -0.39 is 0 Å². The Balaban J connectivity index is 1.76. The normalized spacial score (nSPS) is 14.8. The Labute approximate surface area is 185 Å². The summed E-state index contributed by atoms with van der Waals surface area (Å²) in [6.45, 7) is 11.6. The van der Waals surface area contributed by atoms with Gasteiger partial charge in [0.15, 0.2) is 6.61 Å². The lowest BCUT2D eigenvalue weighted by Gasteiger charge is -2.32. The molecule has 1 aromatic carbocycles. The van der Waals surface area contributed by atoms with Gasteiger partial charge in [0, 0.05) is 25.6 Å². The molecule has 1 N–H and O–H groups in total. The van der Waals surface area contributed by atoms with Gasteiger partial charge < -0.3 is 19.7 Å². The van der Waals surface area contributed by atoms with E-state index in [1.807, 2.05) is 19.1 Å².